The molecule has 0 aliphatic carbocycles. The van der Waals surface area contributed by atoms with E-state index in [4.69, 9.17) is 4.74 Å². The number of carbonyl (C=O) groups is 1. The lowest BCUT2D eigenvalue weighted by atomic mass is 9.91. The summed E-state index contributed by atoms with van der Waals surface area (Å²) in [5.41, 5.74) is -0.102. The van der Waals surface area contributed by atoms with Gasteiger partial charge in [-0.1, -0.05) is 20.8 Å². The molecule has 0 aromatic heterocycles. The molecule has 15 heavy (non-hydrogen) atoms. The first-order chi connectivity index (χ1) is 6.69. The third-order valence-electron chi connectivity index (χ3n) is 2.36. The minimum atomic E-state index is -0.438. The molecule has 0 bridgehead atoms. The fraction of sp³-hybridized carbons (Fsp3) is 0.917. The third kappa shape index (κ3) is 6.50. The average molecular weight is 215 g/mol. The van der Waals surface area contributed by atoms with E-state index < -0.39 is 5.41 Å². The van der Waals surface area contributed by atoms with E-state index in [-0.39, 0.29) is 5.97 Å². The van der Waals surface area contributed by atoms with Gasteiger partial charge in [-0.05, 0) is 32.2 Å². The molecule has 3 heteroatoms. The van der Waals surface area contributed by atoms with Crippen molar-refractivity contribution in [1.82, 2.24) is 5.32 Å². The van der Waals surface area contributed by atoms with Crippen LogP contribution in [0.5, 0.6) is 0 Å². The number of carbonyl (C=O) groups excluding carboxylic acids is 1. The molecule has 0 saturated heterocycles. The minimum Gasteiger partial charge on any atom is -0.469 e. The Kier molecular flexibility index (Phi) is 5.29. The van der Waals surface area contributed by atoms with E-state index in [1.54, 1.807) is 0 Å². The molecule has 0 spiro atoms. The zero-order chi connectivity index (χ0) is 12.1. The monoisotopic (exact) mass is 215 g/mol. The van der Waals surface area contributed by atoms with Gasteiger partial charge in [0.05, 0.1) is 12.5 Å². The Morgan fingerprint density at radius 1 is 1.20 bits per heavy atom. The summed E-state index contributed by atoms with van der Waals surface area (Å²) in [5, 5.41) is 3.30. The summed E-state index contributed by atoms with van der Waals surface area (Å²) >= 11 is 0. The van der Waals surface area contributed by atoms with Gasteiger partial charge in [0.2, 0.25) is 0 Å². The van der Waals surface area contributed by atoms with Gasteiger partial charge in [0.1, 0.15) is 0 Å². The van der Waals surface area contributed by atoms with Gasteiger partial charge >= 0.3 is 5.97 Å². The van der Waals surface area contributed by atoms with E-state index in [0.717, 1.165) is 13.0 Å². The molecule has 1 N–H and O–H groups in total. The topological polar surface area (TPSA) is 38.3 Å². The van der Waals surface area contributed by atoms with E-state index in [1.807, 2.05) is 13.8 Å². The maximum atomic E-state index is 11.4. The first-order valence-corrected chi connectivity index (χ1v) is 5.48. The van der Waals surface area contributed by atoms with Gasteiger partial charge in [-0.15, -0.1) is 0 Å². The predicted octanol–water partition coefficient (Wildman–Crippen LogP) is 2.21. The highest BCUT2D eigenvalue weighted by Crippen LogP contribution is 2.18. The normalized spacial score (nSPS) is 12.7. The predicted molar refractivity (Wildman–Crippen MR) is 62.7 cm³/mol. The van der Waals surface area contributed by atoms with Crippen molar-refractivity contribution in [3.63, 3.8) is 0 Å². The Hall–Kier alpha value is -0.570. The number of nitrogens with one attached hydrogen (secondary N) is 1. The van der Waals surface area contributed by atoms with Crippen LogP contribution in [-0.4, -0.2) is 26.2 Å². The molecule has 3 nitrogen and oxygen atoms in total. The standard InChI is InChI=1S/C12H25NO2/c1-11(2,3)7-8-13-9-12(4,5)10(14)15-6/h13H,7-9H2,1-6H3. The van der Waals surface area contributed by atoms with Crippen molar-refractivity contribution in [2.75, 3.05) is 20.2 Å². The minimum absolute atomic E-state index is 0.161. The van der Waals surface area contributed by atoms with Gasteiger partial charge in [-0.25, -0.2) is 0 Å². The second kappa shape index (κ2) is 5.50. The van der Waals surface area contributed by atoms with Crippen molar-refractivity contribution in [1.29, 1.82) is 0 Å². The van der Waals surface area contributed by atoms with Crippen LogP contribution in [0.1, 0.15) is 41.0 Å². The molecular formula is C12H25NO2. The largest absolute Gasteiger partial charge is 0.469 e. The van der Waals surface area contributed by atoms with Gasteiger partial charge in [-0.3, -0.25) is 4.79 Å². The summed E-state index contributed by atoms with van der Waals surface area (Å²) in [7, 11) is 1.43. The van der Waals surface area contributed by atoms with Gasteiger partial charge in [0.15, 0.2) is 0 Å². The quantitative estimate of drug-likeness (QED) is 0.564. The highest BCUT2D eigenvalue weighted by molar-refractivity contribution is 5.75. The lowest BCUT2D eigenvalue weighted by Crippen LogP contribution is -2.37. The molecule has 0 aliphatic heterocycles. The van der Waals surface area contributed by atoms with Crippen LogP contribution in [0.3, 0.4) is 0 Å². The molecule has 0 aromatic rings. The van der Waals surface area contributed by atoms with Crippen LogP contribution < -0.4 is 5.32 Å². The van der Waals surface area contributed by atoms with E-state index in [0.29, 0.717) is 12.0 Å². The number of hydrogen-bond donors (Lipinski definition) is 1. The molecule has 0 radical (unpaired) electrons. The van der Waals surface area contributed by atoms with Crippen LogP contribution in [0, 0.1) is 10.8 Å². The van der Waals surface area contributed by atoms with Crippen molar-refractivity contribution in [3.8, 4) is 0 Å². The van der Waals surface area contributed by atoms with Crippen molar-refractivity contribution in [2.45, 2.75) is 41.0 Å². The molecule has 0 fully saturated rings. The van der Waals surface area contributed by atoms with Gasteiger partial charge in [-0.2, -0.15) is 0 Å². The van der Waals surface area contributed by atoms with Gasteiger partial charge in [0.25, 0.3) is 0 Å². The van der Waals surface area contributed by atoms with E-state index in [1.165, 1.54) is 7.11 Å². The number of methoxy groups -OCH3 is 1. The number of ether oxygens (including phenoxy) is 1. The molecule has 0 aromatic carbocycles. The van der Waals surface area contributed by atoms with Crippen LogP contribution in [0.25, 0.3) is 0 Å². The van der Waals surface area contributed by atoms with Crippen LogP contribution in [-0.2, 0) is 9.53 Å². The summed E-state index contributed by atoms with van der Waals surface area (Å²) in [6.45, 7) is 12.0. The average Bonchev–Trinajstić information content (AvgIpc) is 2.09. The lowest BCUT2D eigenvalue weighted by Gasteiger charge is -2.23. The molecule has 0 heterocycles. The Balaban J connectivity index is 3.81. The van der Waals surface area contributed by atoms with E-state index >= 15 is 0 Å². The Morgan fingerprint density at radius 2 is 1.73 bits per heavy atom. The summed E-state index contributed by atoms with van der Waals surface area (Å²) < 4.78 is 4.73. The van der Waals surface area contributed by atoms with Crippen LogP contribution in [0.2, 0.25) is 0 Å². The maximum Gasteiger partial charge on any atom is 0.312 e. The molecule has 90 valence electrons. The summed E-state index contributed by atoms with van der Waals surface area (Å²) in [6.07, 6.45) is 1.10. The van der Waals surface area contributed by atoms with Crippen molar-refractivity contribution in [3.05, 3.63) is 0 Å². The lowest BCUT2D eigenvalue weighted by molar-refractivity contribution is -0.150. The molecule has 0 saturated carbocycles. The first-order valence-electron chi connectivity index (χ1n) is 5.48. The fourth-order valence-corrected chi connectivity index (χ4v) is 1.21. The van der Waals surface area contributed by atoms with Crippen LogP contribution in [0.4, 0.5) is 0 Å². The third-order valence-corrected chi connectivity index (χ3v) is 2.36. The molecule has 0 aliphatic rings. The van der Waals surface area contributed by atoms with Gasteiger partial charge in [0, 0.05) is 6.54 Å². The number of esters is 1. The second-order valence-electron chi connectivity index (χ2n) is 5.86. The van der Waals surface area contributed by atoms with Crippen molar-refractivity contribution in [2.24, 2.45) is 10.8 Å². The summed E-state index contributed by atoms with van der Waals surface area (Å²) in [5.74, 6) is -0.161. The highest BCUT2D eigenvalue weighted by atomic mass is 16.5. The van der Waals surface area contributed by atoms with E-state index in [2.05, 4.69) is 26.1 Å². The zero-order valence-electron chi connectivity index (χ0n) is 10.9. The zero-order valence-corrected chi connectivity index (χ0v) is 10.9. The van der Waals surface area contributed by atoms with Crippen LogP contribution >= 0.6 is 0 Å². The fourth-order valence-electron chi connectivity index (χ4n) is 1.21. The Morgan fingerprint density at radius 3 is 2.13 bits per heavy atom. The summed E-state index contributed by atoms with van der Waals surface area (Å²) in [6, 6.07) is 0. The van der Waals surface area contributed by atoms with E-state index in [9.17, 15) is 4.79 Å². The molecule has 0 unspecified atom stereocenters. The highest BCUT2D eigenvalue weighted by Gasteiger charge is 2.28. The van der Waals surface area contributed by atoms with Crippen LogP contribution in [0.15, 0.2) is 0 Å². The maximum absolute atomic E-state index is 11.4. The molecular weight excluding hydrogens is 190 g/mol. The Labute approximate surface area is 93.6 Å². The van der Waals surface area contributed by atoms with Crippen molar-refractivity contribution < 1.29 is 9.53 Å². The number of rotatable bonds is 5. The van der Waals surface area contributed by atoms with Gasteiger partial charge < -0.3 is 10.1 Å². The van der Waals surface area contributed by atoms with Crippen molar-refractivity contribution >= 4 is 5.97 Å². The second-order valence-corrected chi connectivity index (χ2v) is 5.86. The summed E-state index contributed by atoms with van der Waals surface area (Å²) in [4.78, 5) is 11.4. The smallest absolute Gasteiger partial charge is 0.312 e. The SMILES string of the molecule is COC(=O)C(C)(C)CNCCC(C)(C)C. The molecule has 0 atom stereocenters. The molecule has 0 rings (SSSR count). The molecule has 0 amide bonds. The Bertz CT molecular complexity index is 204. The first kappa shape index (κ1) is 14.4. The number of hydrogen-bond acceptors (Lipinski definition) is 3.